The highest BCUT2D eigenvalue weighted by molar-refractivity contribution is 7.07. The molecule has 1 N–H and O–H groups in total. The SMILES string of the molecule is CNC(Cc1ccsc1)c1ncccc1Cl. The van der Waals surface area contributed by atoms with Crippen molar-refractivity contribution < 1.29 is 0 Å². The van der Waals surface area contributed by atoms with E-state index in [9.17, 15) is 0 Å². The predicted octanol–water partition coefficient (Wildman–Crippen LogP) is 3.30. The fourth-order valence-corrected chi connectivity index (χ4v) is 2.57. The number of halogens is 1. The molecule has 84 valence electrons. The van der Waals surface area contributed by atoms with E-state index in [-0.39, 0.29) is 6.04 Å². The Labute approximate surface area is 104 Å². The lowest BCUT2D eigenvalue weighted by atomic mass is 10.1. The van der Waals surface area contributed by atoms with Gasteiger partial charge in [0.15, 0.2) is 0 Å². The average Bonchev–Trinajstić information content (AvgIpc) is 2.80. The third-order valence-electron chi connectivity index (χ3n) is 2.49. The molecular formula is C12H13ClN2S. The zero-order chi connectivity index (χ0) is 11.4. The molecule has 1 atom stereocenters. The molecule has 0 aliphatic heterocycles. The van der Waals surface area contributed by atoms with Crippen LogP contribution in [0.15, 0.2) is 35.2 Å². The van der Waals surface area contributed by atoms with Gasteiger partial charge < -0.3 is 5.32 Å². The number of hydrogen-bond donors (Lipinski definition) is 1. The number of rotatable bonds is 4. The van der Waals surface area contributed by atoms with Crippen LogP contribution in [-0.4, -0.2) is 12.0 Å². The van der Waals surface area contributed by atoms with Gasteiger partial charge in [-0.2, -0.15) is 11.3 Å². The van der Waals surface area contributed by atoms with Crippen LogP contribution in [-0.2, 0) is 6.42 Å². The summed E-state index contributed by atoms with van der Waals surface area (Å²) in [5, 5.41) is 8.21. The normalized spacial score (nSPS) is 12.6. The van der Waals surface area contributed by atoms with Gasteiger partial charge in [0.2, 0.25) is 0 Å². The molecular weight excluding hydrogens is 240 g/mol. The minimum absolute atomic E-state index is 0.170. The molecule has 2 aromatic rings. The minimum Gasteiger partial charge on any atom is -0.311 e. The fraction of sp³-hybridized carbons (Fsp3) is 0.250. The first-order valence-electron chi connectivity index (χ1n) is 5.10. The summed E-state index contributed by atoms with van der Waals surface area (Å²) in [4.78, 5) is 4.34. The molecule has 0 saturated carbocycles. The van der Waals surface area contributed by atoms with Gasteiger partial charge in [0, 0.05) is 6.20 Å². The van der Waals surface area contributed by atoms with Crippen LogP contribution in [0.5, 0.6) is 0 Å². The van der Waals surface area contributed by atoms with Crippen LogP contribution < -0.4 is 5.32 Å². The third-order valence-corrected chi connectivity index (χ3v) is 3.54. The second-order valence-electron chi connectivity index (χ2n) is 3.55. The van der Waals surface area contributed by atoms with Crippen LogP contribution in [0.3, 0.4) is 0 Å². The largest absolute Gasteiger partial charge is 0.311 e. The summed E-state index contributed by atoms with van der Waals surface area (Å²) in [6.45, 7) is 0. The Morgan fingerprint density at radius 2 is 2.38 bits per heavy atom. The number of nitrogens with one attached hydrogen (secondary N) is 1. The summed E-state index contributed by atoms with van der Waals surface area (Å²) in [5.41, 5.74) is 2.23. The van der Waals surface area contributed by atoms with Crippen molar-refractivity contribution in [1.29, 1.82) is 0 Å². The van der Waals surface area contributed by atoms with Gasteiger partial charge in [-0.1, -0.05) is 11.6 Å². The Kier molecular flexibility index (Phi) is 3.93. The van der Waals surface area contributed by atoms with E-state index in [0.29, 0.717) is 0 Å². The molecule has 16 heavy (non-hydrogen) atoms. The Morgan fingerprint density at radius 1 is 1.50 bits per heavy atom. The lowest BCUT2D eigenvalue weighted by molar-refractivity contribution is 0.577. The van der Waals surface area contributed by atoms with Crippen molar-refractivity contribution in [2.24, 2.45) is 0 Å². The van der Waals surface area contributed by atoms with E-state index in [1.165, 1.54) is 5.56 Å². The van der Waals surface area contributed by atoms with Gasteiger partial charge in [-0.25, -0.2) is 0 Å². The molecule has 0 aliphatic rings. The molecule has 2 rings (SSSR count). The molecule has 0 radical (unpaired) electrons. The van der Waals surface area contributed by atoms with E-state index in [1.807, 2.05) is 19.2 Å². The van der Waals surface area contributed by atoms with Gasteiger partial charge >= 0.3 is 0 Å². The fourth-order valence-electron chi connectivity index (χ4n) is 1.63. The van der Waals surface area contributed by atoms with Crippen LogP contribution in [0.2, 0.25) is 5.02 Å². The number of nitrogens with zero attached hydrogens (tertiary/aromatic N) is 1. The van der Waals surface area contributed by atoms with Crippen molar-refractivity contribution in [1.82, 2.24) is 10.3 Å². The highest BCUT2D eigenvalue weighted by atomic mass is 35.5. The second-order valence-corrected chi connectivity index (χ2v) is 4.73. The molecule has 1 unspecified atom stereocenters. The van der Waals surface area contributed by atoms with Crippen molar-refractivity contribution in [2.75, 3.05) is 7.05 Å². The molecule has 0 fully saturated rings. The first kappa shape index (κ1) is 11.6. The smallest absolute Gasteiger partial charge is 0.0762 e. The zero-order valence-corrected chi connectivity index (χ0v) is 10.6. The topological polar surface area (TPSA) is 24.9 Å². The maximum Gasteiger partial charge on any atom is 0.0762 e. The molecule has 4 heteroatoms. The quantitative estimate of drug-likeness (QED) is 0.903. The molecule has 0 aliphatic carbocycles. The summed E-state index contributed by atoms with van der Waals surface area (Å²) in [7, 11) is 1.93. The van der Waals surface area contributed by atoms with Crippen molar-refractivity contribution in [2.45, 2.75) is 12.5 Å². The number of thiophene rings is 1. The van der Waals surface area contributed by atoms with Gasteiger partial charge in [0.1, 0.15) is 0 Å². The van der Waals surface area contributed by atoms with Crippen molar-refractivity contribution in [3.05, 3.63) is 51.4 Å². The number of aromatic nitrogens is 1. The van der Waals surface area contributed by atoms with E-state index in [4.69, 9.17) is 11.6 Å². The van der Waals surface area contributed by atoms with Crippen molar-refractivity contribution in [3.63, 3.8) is 0 Å². The lowest BCUT2D eigenvalue weighted by Crippen LogP contribution is -2.20. The highest BCUT2D eigenvalue weighted by Gasteiger charge is 2.14. The number of likely N-dealkylation sites (N-methyl/N-ethyl adjacent to an activating group) is 1. The van der Waals surface area contributed by atoms with E-state index in [1.54, 1.807) is 17.5 Å². The molecule has 0 bridgehead atoms. The molecule has 0 saturated heterocycles. The van der Waals surface area contributed by atoms with E-state index in [0.717, 1.165) is 17.1 Å². The van der Waals surface area contributed by atoms with E-state index in [2.05, 4.69) is 27.1 Å². The first-order valence-corrected chi connectivity index (χ1v) is 6.42. The predicted molar refractivity (Wildman–Crippen MR) is 69.1 cm³/mol. The van der Waals surface area contributed by atoms with Gasteiger partial charge in [-0.3, -0.25) is 4.98 Å². The van der Waals surface area contributed by atoms with Crippen LogP contribution in [0, 0.1) is 0 Å². The highest BCUT2D eigenvalue weighted by Crippen LogP contribution is 2.23. The molecule has 0 aromatic carbocycles. The number of pyridine rings is 1. The van der Waals surface area contributed by atoms with Gasteiger partial charge in [-0.15, -0.1) is 0 Å². The van der Waals surface area contributed by atoms with Crippen LogP contribution >= 0.6 is 22.9 Å². The lowest BCUT2D eigenvalue weighted by Gasteiger charge is -2.15. The average molecular weight is 253 g/mol. The van der Waals surface area contributed by atoms with Gasteiger partial charge in [0.25, 0.3) is 0 Å². The first-order chi connectivity index (χ1) is 7.81. The Morgan fingerprint density at radius 3 is 3.00 bits per heavy atom. The van der Waals surface area contributed by atoms with E-state index >= 15 is 0 Å². The van der Waals surface area contributed by atoms with Gasteiger partial charge in [0.05, 0.1) is 16.8 Å². The van der Waals surface area contributed by atoms with Crippen molar-refractivity contribution >= 4 is 22.9 Å². The number of hydrogen-bond acceptors (Lipinski definition) is 3. The third kappa shape index (κ3) is 2.61. The van der Waals surface area contributed by atoms with E-state index < -0.39 is 0 Å². The van der Waals surface area contributed by atoms with Crippen LogP contribution in [0.1, 0.15) is 17.3 Å². The van der Waals surface area contributed by atoms with Crippen LogP contribution in [0.4, 0.5) is 0 Å². The summed E-state index contributed by atoms with van der Waals surface area (Å²) >= 11 is 7.85. The molecule has 2 aromatic heterocycles. The molecule has 2 heterocycles. The molecule has 2 nitrogen and oxygen atoms in total. The zero-order valence-electron chi connectivity index (χ0n) is 8.98. The summed E-state index contributed by atoms with van der Waals surface area (Å²) in [6, 6.07) is 6.03. The monoisotopic (exact) mass is 252 g/mol. The second kappa shape index (κ2) is 5.43. The maximum atomic E-state index is 6.14. The Balaban J connectivity index is 2.20. The summed E-state index contributed by atoms with van der Waals surface area (Å²) < 4.78 is 0. The van der Waals surface area contributed by atoms with Crippen LogP contribution in [0.25, 0.3) is 0 Å². The Bertz CT molecular complexity index is 442. The molecule has 0 amide bonds. The van der Waals surface area contributed by atoms with Crippen molar-refractivity contribution in [3.8, 4) is 0 Å². The summed E-state index contributed by atoms with van der Waals surface area (Å²) in [5.74, 6) is 0. The Hall–Kier alpha value is -0.900. The standard InChI is InChI=1S/C12H13ClN2S/c1-14-11(7-9-4-6-16-8-9)12-10(13)3-2-5-15-12/h2-6,8,11,14H,7H2,1H3. The maximum absolute atomic E-state index is 6.14. The molecule has 0 spiro atoms. The van der Waals surface area contributed by atoms with Gasteiger partial charge in [-0.05, 0) is 48.0 Å². The summed E-state index contributed by atoms with van der Waals surface area (Å²) in [6.07, 6.45) is 2.69. The minimum atomic E-state index is 0.170.